The van der Waals surface area contributed by atoms with Crippen LogP contribution in [0.5, 0.6) is 0 Å². The van der Waals surface area contributed by atoms with Gasteiger partial charge in [-0.15, -0.1) is 0 Å². The van der Waals surface area contributed by atoms with E-state index in [1.54, 1.807) is 0 Å². The molecule has 0 bridgehead atoms. The van der Waals surface area contributed by atoms with Crippen molar-refractivity contribution in [1.82, 2.24) is 0 Å². The highest BCUT2D eigenvalue weighted by Gasteiger charge is 2.54. The van der Waals surface area contributed by atoms with E-state index in [0.29, 0.717) is 0 Å². The van der Waals surface area contributed by atoms with Crippen LogP contribution in [0.25, 0.3) is 0 Å². The second-order valence-electron chi connectivity index (χ2n) is 7.91. The van der Waals surface area contributed by atoms with Crippen LogP contribution in [0.4, 0.5) is 0 Å². The molecule has 0 saturated carbocycles. The molecule has 2 aliphatic heterocycles. The van der Waals surface area contributed by atoms with E-state index < -0.39 is 8.56 Å². The zero-order valence-corrected chi connectivity index (χ0v) is 18.1. The Morgan fingerprint density at radius 2 is 1.23 bits per heavy atom. The molecule has 0 radical (unpaired) electrons. The predicted molar refractivity (Wildman–Crippen MR) is 120 cm³/mol. The van der Waals surface area contributed by atoms with Gasteiger partial charge in [0.2, 0.25) is 0 Å². The van der Waals surface area contributed by atoms with Crippen LogP contribution in [0.2, 0.25) is 0 Å². The zero-order valence-electron chi connectivity index (χ0n) is 17.1. The van der Waals surface area contributed by atoms with Crippen molar-refractivity contribution in [1.29, 1.82) is 0 Å². The molecule has 2 aliphatic rings. The van der Waals surface area contributed by atoms with Crippen molar-refractivity contribution < 1.29 is 13.7 Å². The highest BCUT2D eigenvalue weighted by molar-refractivity contribution is 6.92. The van der Waals surface area contributed by atoms with Gasteiger partial charge in [0, 0.05) is 0 Å². The molecule has 3 aromatic carbocycles. The van der Waals surface area contributed by atoms with Crippen LogP contribution in [0, 0.1) is 5.92 Å². The van der Waals surface area contributed by atoms with E-state index in [2.05, 4.69) is 55.4 Å². The summed E-state index contributed by atoms with van der Waals surface area (Å²) in [5, 5.41) is 6.70. The van der Waals surface area contributed by atoms with Crippen LogP contribution in [-0.2, 0) is 13.7 Å². The molecule has 2 heterocycles. The topological polar surface area (TPSA) is 40.0 Å². The lowest BCUT2D eigenvalue weighted by Crippen LogP contribution is -2.65. The number of hydrogen-bond donors (Lipinski definition) is 0. The Bertz CT molecular complexity index is 987. The maximum absolute atomic E-state index is 6.96. The van der Waals surface area contributed by atoms with E-state index in [-0.39, 0.29) is 24.2 Å². The van der Waals surface area contributed by atoms with Crippen molar-refractivity contribution in [3.8, 4) is 0 Å². The Morgan fingerprint density at radius 3 is 1.80 bits per heavy atom. The zero-order chi connectivity index (χ0) is 20.6. The van der Waals surface area contributed by atoms with Gasteiger partial charge in [0.15, 0.2) is 6.10 Å². The Hall–Kier alpha value is -2.73. The Morgan fingerprint density at radius 1 is 0.700 bits per heavy atom. The quantitative estimate of drug-likeness (QED) is 0.611. The molecule has 1 fully saturated rings. The fourth-order valence-electron chi connectivity index (χ4n) is 4.57. The first-order chi connectivity index (χ1) is 14.7. The van der Waals surface area contributed by atoms with Gasteiger partial charge in [-0.3, -0.25) is 0 Å². The van der Waals surface area contributed by atoms with Crippen molar-refractivity contribution in [2.45, 2.75) is 32.2 Å². The fourth-order valence-corrected chi connectivity index (χ4v) is 8.05. The number of rotatable bonds is 3. The van der Waals surface area contributed by atoms with Crippen molar-refractivity contribution >= 4 is 24.6 Å². The molecule has 4 atom stereocenters. The van der Waals surface area contributed by atoms with E-state index in [0.717, 1.165) is 21.6 Å². The summed E-state index contributed by atoms with van der Waals surface area (Å²) in [4.78, 5) is 5.91. The largest absolute Gasteiger partial charge is 0.407 e. The van der Waals surface area contributed by atoms with Gasteiger partial charge in [0.05, 0.1) is 23.8 Å². The van der Waals surface area contributed by atoms with E-state index in [1.165, 1.54) is 0 Å². The van der Waals surface area contributed by atoms with Crippen LogP contribution in [-0.4, -0.2) is 26.5 Å². The van der Waals surface area contributed by atoms with Gasteiger partial charge in [0.25, 0.3) is 0 Å². The second-order valence-corrected chi connectivity index (χ2v) is 10.8. The molecular formula is C25H25NO3Si. The van der Waals surface area contributed by atoms with Gasteiger partial charge < -0.3 is 13.7 Å². The average Bonchev–Trinajstić information content (AvgIpc) is 3.22. The number of hydrogen-bond acceptors (Lipinski definition) is 4. The van der Waals surface area contributed by atoms with Crippen LogP contribution in [0.15, 0.2) is 96.2 Å². The van der Waals surface area contributed by atoms with E-state index >= 15 is 0 Å². The lowest BCUT2D eigenvalue weighted by Gasteiger charge is -2.34. The molecule has 5 rings (SSSR count). The molecule has 4 nitrogen and oxygen atoms in total. The van der Waals surface area contributed by atoms with Gasteiger partial charge >= 0.3 is 8.56 Å². The average molecular weight is 416 g/mol. The van der Waals surface area contributed by atoms with Gasteiger partial charge in [-0.1, -0.05) is 96.2 Å². The predicted octanol–water partition coefficient (Wildman–Crippen LogP) is 3.81. The molecule has 3 aromatic rings. The maximum atomic E-state index is 6.96. The van der Waals surface area contributed by atoms with E-state index in [4.69, 9.17) is 13.7 Å². The standard InChI is InChI=1S/C25H25NO3Si/c1-18-23-24(26-27-25(23)20-12-6-3-7-13-20)19(2)29-30(28-18,21-14-8-4-9-15-21)22-16-10-5-11-17-22/h3-19,23,25H,1-2H3/t18-,19?,23-,25+/m0/s1. The second kappa shape index (κ2) is 7.83. The molecule has 0 aromatic heterocycles. The Balaban J connectivity index is 1.61. The molecule has 0 amide bonds. The van der Waals surface area contributed by atoms with Crippen molar-refractivity contribution in [2.75, 3.05) is 0 Å². The lowest BCUT2D eigenvalue weighted by molar-refractivity contribution is 0.0218. The summed E-state index contributed by atoms with van der Waals surface area (Å²) in [6.07, 6.45) is -0.493. The molecule has 1 unspecified atom stereocenters. The Kier molecular flexibility index (Phi) is 5.02. The molecule has 30 heavy (non-hydrogen) atoms. The van der Waals surface area contributed by atoms with Gasteiger partial charge in [-0.2, -0.15) is 0 Å². The molecule has 5 heteroatoms. The molecule has 0 N–H and O–H groups in total. The van der Waals surface area contributed by atoms with Crippen LogP contribution in [0.3, 0.4) is 0 Å². The summed E-state index contributed by atoms with van der Waals surface area (Å²) in [6.45, 7) is 4.19. The molecule has 152 valence electrons. The third-order valence-electron chi connectivity index (χ3n) is 5.99. The Labute approximate surface area is 178 Å². The first-order valence-electron chi connectivity index (χ1n) is 10.4. The smallest absolute Gasteiger partial charge is 0.387 e. The third-order valence-corrected chi connectivity index (χ3v) is 9.57. The summed E-state index contributed by atoms with van der Waals surface area (Å²) in [6, 6.07) is 31.0. The van der Waals surface area contributed by atoms with Crippen molar-refractivity contribution in [3.05, 3.63) is 96.6 Å². The molecule has 0 spiro atoms. The summed E-state index contributed by atoms with van der Waals surface area (Å²) in [5.74, 6) is 0.00389. The summed E-state index contributed by atoms with van der Waals surface area (Å²) in [7, 11) is -2.94. The lowest BCUT2D eigenvalue weighted by atomic mass is 9.86. The third kappa shape index (κ3) is 3.19. The first-order valence-corrected chi connectivity index (χ1v) is 12.3. The minimum absolute atomic E-state index is 0.00389. The minimum atomic E-state index is -2.94. The van der Waals surface area contributed by atoms with Gasteiger partial charge in [-0.25, -0.2) is 0 Å². The monoisotopic (exact) mass is 415 g/mol. The summed E-state index contributed by atoms with van der Waals surface area (Å²) in [5.41, 5.74) is 2.04. The minimum Gasteiger partial charge on any atom is -0.387 e. The SMILES string of the molecule is CC1O[Si](c2ccccc2)(c2ccccc2)O[C@@H](C)[C@H]2C1=NO[C@@H]2c1ccccc1. The first kappa shape index (κ1) is 19.2. The summed E-state index contributed by atoms with van der Waals surface area (Å²) < 4.78 is 13.8. The normalized spacial score (nSPS) is 27.5. The van der Waals surface area contributed by atoms with Crippen LogP contribution < -0.4 is 10.4 Å². The molecular weight excluding hydrogens is 390 g/mol. The van der Waals surface area contributed by atoms with E-state index in [9.17, 15) is 0 Å². The fraction of sp³-hybridized carbons (Fsp3) is 0.240. The number of benzene rings is 3. The maximum Gasteiger partial charge on any atom is 0.407 e. The summed E-state index contributed by atoms with van der Waals surface area (Å²) >= 11 is 0. The van der Waals surface area contributed by atoms with Crippen LogP contribution in [0.1, 0.15) is 25.5 Å². The molecule has 0 aliphatic carbocycles. The highest BCUT2D eigenvalue weighted by Crippen LogP contribution is 2.40. The van der Waals surface area contributed by atoms with E-state index in [1.807, 2.05) is 54.6 Å². The number of nitrogens with zero attached hydrogens (tertiary/aromatic N) is 1. The van der Waals surface area contributed by atoms with Gasteiger partial charge in [0.1, 0.15) is 0 Å². The number of oxime groups is 1. The van der Waals surface area contributed by atoms with Gasteiger partial charge in [-0.05, 0) is 29.8 Å². The highest BCUT2D eigenvalue weighted by atomic mass is 28.4. The molecule has 1 saturated heterocycles. The van der Waals surface area contributed by atoms with Crippen LogP contribution >= 0.6 is 0 Å². The van der Waals surface area contributed by atoms with Crippen molar-refractivity contribution in [3.63, 3.8) is 0 Å². The van der Waals surface area contributed by atoms with Crippen molar-refractivity contribution in [2.24, 2.45) is 11.1 Å². The number of fused-ring (bicyclic) bond motifs is 1.